The van der Waals surface area contributed by atoms with Crippen LogP contribution < -0.4 is 4.74 Å². The molecule has 0 spiro atoms. The molecule has 0 fully saturated rings. The van der Waals surface area contributed by atoms with Gasteiger partial charge in [-0.15, -0.1) is 0 Å². The van der Waals surface area contributed by atoms with Crippen LogP contribution >= 0.6 is 0 Å². The van der Waals surface area contributed by atoms with Crippen LogP contribution in [0.1, 0.15) is 31.7 Å². The number of ether oxygens (including phenoxy) is 2. The van der Waals surface area contributed by atoms with Crippen LogP contribution in [0.15, 0.2) is 24.3 Å². The summed E-state index contributed by atoms with van der Waals surface area (Å²) in [6, 6.07) is 7.55. The second-order valence-electron chi connectivity index (χ2n) is 3.57. The molecular formula is C13H17O3. The van der Waals surface area contributed by atoms with Crippen molar-refractivity contribution in [2.75, 3.05) is 6.61 Å². The molecule has 1 aromatic rings. The van der Waals surface area contributed by atoms with E-state index in [0.717, 1.165) is 24.3 Å². The van der Waals surface area contributed by atoms with Crippen LogP contribution in [0.3, 0.4) is 0 Å². The van der Waals surface area contributed by atoms with E-state index in [1.807, 2.05) is 24.3 Å². The highest BCUT2D eigenvalue weighted by atomic mass is 16.5. The van der Waals surface area contributed by atoms with Gasteiger partial charge in [-0.3, -0.25) is 0 Å². The zero-order valence-corrected chi connectivity index (χ0v) is 9.57. The topological polar surface area (TPSA) is 35.5 Å². The Kier molecular flexibility index (Phi) is 6.07. The molecule has 0 atom stereocenters. The number of carbonyl (C=O) groups excluding carboxylic acids is 1. The summed E-state index contributed by atoms with van der Waals surface area (Å²) in [7, 11) is 0. The van der Waals surface area contributed by atoms with Gasteiger partial charge < -0.3 is 9.47 Å². The predicted octanol–water partition coefficient (Wildman–Crippen LogP) is 2.84. The first kappa shape index (κ1) is 12.6. The molecule has 0 saturated heterocycles. The third-order valence-electron chi connectivity index (χ3n) is 2.21. The summed E-state index contributed by atoms with van der Waals surface area (Å²) in [6.07, 6.45) is 3.44. The van der Waals surface area contributed by atoms with E-state index in [-0.39, 0.29) is 6.61 Å². The van der Waals surface area contributed by atoms with Crippen molar-refractivity contribution in [1.29, 1.82) is 0 Å². The minimum atomic E-state index is 0.246. The van der Waals surface area contributed by atoms with Gasteiger partial charge in [0.1, 0.15) is 12.4 Å². The molecule has 0 aliphatic heterocycles. The Labute approximate surface area is 96.4 Å². The predicted molar refractivity (Wildman–Crippen MR) is 61.9 cm³/mol. The molecule has 0 heterocycles. The van der Waals surface area contributed by atoms with E-state index in [1.165, 1.54) is 19.3 Å². The Morgan fingerprint density at radius 3 is 2.94 bits per heavy atom. The highest BCUT2D eigenvalue weighted by Gasteiger charge is 1.97. The van der Waals surface area contributed by atoms with Gasteiger partial charge in [-0.05, 0) is 24.1 Å². The first-order valence-electron chi connectivity index (χ1n) is 5.57. The molecule has 0 saturated carbocycles. The largest absolute Gasteiger partial charge is 0.494 e. The van der Waals surface area contributed by atoms with Gasteiger partial charge in [-0.1, -0.05) is 31.9 Å². The number of hydrogen-bond acceptors (Lipinski definition) is 3. The lowest BCUT2D eigenvalue weighted by Gasteiger charge is -2.07. The summed E-state index contributed by atoms with van der Waals surface area (Å²) in [5.74, 6) is 0.822. The molecule has 0 aliphatic rings. The SMILES string of the molecule is CCCCCOc1cccc(CO[C]=O)c1. The second-order valence-corrected chi connectivity index (χ2v) is 3.57. The molecule has 3 heteroatoms. The normalized spacial score (nSPS) is 9.81. The average molecular weight is 221 g/mol. The molecule has 1 rings (SSSR count). The van der Waals surface area contributed by atoms with Crippen LogP contribution in [-0.2, 0) is 16.1 Å². The fourth-order valence-corrected chi connectivity index (χ4v) is 1.38. The minimum Gasteiger partial charge on any atom is -0.494 e. The fraction of sp³-hybridized carbons (Fsp3) is 0.462. The Balaban J connectivity index is 2.37. The van der Waals surface area contributed by atoms with E-state index in [4.69, 9.17) is 4.74 Å². The first-order valence-corrected chi connectivity index (χ1v) is 5.57. The Bertz CT molecular complexity index is 310. The summed E-state index contributed by atoms with van der Waals surface area (Å²) in [5.41, 5.74) is 0.913. The van der Waals surface area contributed by atoms with Gasteiger partial charge in [-0.25, -0.2) is 4.79 Å². The van der Waals surface area contributed by atoms with Crippen LogP contribution in [0.4, 0.5) is 0 Å². The lowest BCUT2D eigenvalue weighted by Crippen LogP contribution is -1.98. The third-order valence-corrected chi connectivity index (χ3v) is 2.21. The van der Waals surface area contributed by atoms with E-state index in [2.05, 4.69) is 11.7 Å². The first-order chi connectivity index (χ1) is 7.86. The van der Waals surface area contributed by atoms with Crippen molar-refractivity contribution in [2.24, 2.45) is 0 Å². The lowest BCUT2D eigenvalue weighted by molar-refractivity contribution is 0.265. The van der Waals surface area contributed by atoms with E-state index in [9.17, 15) is 4.79 Å². The van der Waals surface area contributed by atoms with Gasteiger partial charge in [0, 0.05) is 0 Å². The van der Waals surface area contributed by atoms with Crippen LogP contribution in [0.5, 0.6) is 5.75 Å². The van der Waals surface area contributed by atoms with Crippen molar-refractivity contribution in [3.63, 3.8) is 0 Å². The van der Waals surface area contributed by atoms with Gasteiger partial charge in [-0.2, -0.15) is 0 Å². The van der Waals surface area contributed by atoms with Crippen molar-refractivity contribution < 1.29 is 14.3 Å². The number of rotatable bonds is 8. The summed E-state index contributed by atoms with van der Waals surface area (Å²) >= 11 is 0. The molecule has 0 aromatic heterocycles. The Morgan fingerprint density at radius 2 is 2.19 bits per heavy atom. The van der Waals surface area contributed by atoms with Crippen molar-refractivity contribution >= 4 is 6.47 Å². The Hall–Kier alpha value is -1.51. The maximum atomic E-state index is 9.93. The highest BCUT2D eigenvalue weighted by Crippen LogP contribution is 2.14. The van der Waals surface area contributed by atoms with Gasteiger partial charge in [0.25, 0.3) is 0 Å². The van der Waals surface area contributed by atoms with E-state index in [1.54, 1.807) is 0 Å². The quantitative estimate of drug-likeness (QED) is 0.633. The molecule has 0 amide bonds. The van der Waals surface area contributed by atoms with Crippen LogP contribution in [0.2, 0.25) is 0 Å². The highest BCUT2D eigenvalue weighted by molar-refractivity contribution is 5.39. The molecule has 0 unspecified atom stereocenters. The zero-order valence-electron chi connectivity index (χ0n) is 9.57. The lowest BCUT2D eigenvalue weighted by atomic mass is 10.2. The molecular weight excluding hydrogens is 204 g/mol. The van der Waals surface area contributed by atoms with Crippen molar-refractivity contribution in [3.8, 4) is 5.75 Å². The van der Waals surface area contributed by atoms with E-state index in [0.29, 0.717) is 0 Å². The van der Waals surface area contributed by atoms with Crippen molar-refractivity contribution in [3.05, 3.63) is 29.8 Å². The van der Waals surface area contributed by atoms with Crippen LogP contribution in [0.25, 0.3) is 0 Å². The maximum absolute atomic E-state index is 9.93. The monoisotopic (exact) mass is 221 g/mol. The average Bonchev–Trinajstić information content (AvgIpc) is 2.33. The molecule has 1 aromatic carbocycles. The smallest absolute Gasteiger partial charge is 0.417 e. The third kappa shape index (κ3) is 4.82. The van der Waals surface area contributed by atoms with Gasteiger partial charge in [0.2, 0.25) is 0 Å². The van der Waals surface area contributed by atoms with Crippen molar-refractivity contribution in [2.45, 2.75) is 32.8 Å². The molecule has 16 heavy (non-hydrogen) atoms. The summed E-state index contributed by atoms with van der Waals surface area (Å²) in [4.78, 5) is 9.93. The second kappa shape index (κ2) is 7.74. The molecule has 0 bridgehead atoms. The van der Waals surface area contributed by atoms with Crippen molar-refractivity contribution in [1.82, 2.24) is 0 Å². The Morgan fingerprint density at radius 1 is 1.31 bits per heavy atom. The molecule has 3 nitrogen and oxygen atoms in total. The molecule has 0 N–H and O–H groups in total. The van der Waals surface area contributed by atoms with Crippen LogP contribution in [-0.4, -0.2) is 13.1 Å². The van der Waals surface area contributed by atoms with Crippen LogP contribution in [0, 0.1) is 0 Å². The van der Waals surface area contributed by atoms with Gasteiger partial charge >= 0.3 is 6.47 Å². The van der Waals surface area contributed by atoms with E-state index < -0.39 is 0 Å². The number of hydrogen-bond donors (Lipinski definition) is 0. The minimum absolute atomic E-state index is 0.246. The standard InChI is InChI=1S/C13H17O3/c1-2-3-4-8-16-13-7-5-6-12(9-13)10-15-11-14/h5-7,9H,2-4,8,10H2,1H3. The van der Waals surface area contributed by atoms with Gasteiger partial charge in [0.05, 0.1) is 6.61 Å². The maximum Gasteiger partial charge on any atom is 0.417 e. The fourth-order valence-electron chi connectivity index (χ4n) is 1.38. The summed E-state index contributed by atoms with van der Waals surface area (Å²) in [5, 5.41) is 0. The summed E-state index contributed by atoms with van der Waals surface area (Å²) in [6.45, 7) is 4.55. The molecule has 87 valence electrons. The molecule has 1 radical (unpaired) electrons. The zero-order chi connectivity index (χ0) is 11.6. The molecule has 0 aliphatic carbocycles. The number of unbranched alkanes of at least 4 members (excludes halogenated alkanes) is 2. The van der Waals surface area contributed by atoms with Gasteiger partial charge in [0.15, 0.2) is 0 Å². The summed E-state index contributed by atoms with van der Waals surface area (Å²) < 4.78 is 10.1. The van der Waals surface area contributed by atoms with E-state index >= 15 is 0 Å². The number of benzene rings is 1.